The number of nitrogens with one attached hydrogen (secondary N) is 2. The van der Waals surface area contributed by atoms with Crippen LogP contribution in [-0.2, 0) is 25.3 Å². The molecule has 1 aliphatic rings. The van der Waals surface area contributed by atoms with Gasteiger partial charge in [0.1, 0.15) is 0 Å². The number of ether oxygens (including phenoxy) is 1. The summed E-state index contributed by atoms with van der Waals surface area (Å²) in [5.74, 6) is -0.452. The van der Waals surface area contributed by atoms with Gasteiger partial charge in [0.05, 0.1) is 25.5 Å². The fourth-order valence-electron chi connectivity index (χ4n) is 2.49. The van der Waals surface area contributed by atoms with Crippen molar-refractivity contribution in [2.75, 3.05) is 45.9 Å². The lowest BCUT2D eigenvalue weighted by Gasteiger charge is -2.26. The monoisotopic (exact) mass is 355 g/mol. The van der Waals surface area contributed by atoms with Gasteiger partial charge in [-0.2, -0.15) is 0 Å². The zero-order valence-electron chi connectivity index (χ0n) is 14.0. The summed E-state index contributed by atoms with van der Waals surface area (Å²) in [5, 5.41) is 2.73. The van der Waals surface area contributed by atoms with Crippen LogP contribution in [0.4, 0.5) is 0 Å². The van der Waals surface area contributed by atoms with E-state index >= 15 is 0 Å². The van der Waals surface area contributed by atoms with Crippen LogP contribution in [0.25, 0.3) is 0 Å². The van der Waals surface area contributed by atoms with Crippen LogP contribution in [0.3, 0.4) is 0 Å². The molecule has 0 radical (unpaired) electrons. The molecule has 0 aliphatic carbocycles. The second kappa shape index (κ2) is 9.12. The first kappa shape index (κ1) is 18.9. The van der Waals surface area contributed by atoms with Crippen LogP contribution in [0, 0.1) is 6.92 Å². The third kappa shape index (κ3) is 6.96. The molecule has 7 nitrogen and oxygen atoms in total. The van der Waals surface area contributed by atoms with E-state index in [1.807, 2.05) is 25.1 Å². The molecule has 1 aliphatic heterocycles. The lowest BCUT2D eigenvalue weighted by atomic mass is 10.2. The average Bonchev–Trinajstić information content (AvgIpc) is 2.54. The van der Waals surface area contributed by atoms with Crippen LogP contribution in [0.15, 0.2) is 24.3 Å². The van der Waals surface area contributed by atoms with E-state index < -0.39 is 10.0 Å². The van der Waals surface area contributed by atoms with Crippen molar-refractivity contribution in [3.63, 3.8) is 0 Å². The van der Waals surface area contributed by atoms with Crippen molar-refractivity contribution in [2.45, 2.75) is 12.7 Å². The number of aryl methyl sites for hydroxylation is 1. The summed E-state index contributed by atoms with van der Waals surface area (Å²) in [6, 6.07) is 7.31. The molecule has 2 rings (SSSR count). The molecule has 1 aromatic rings. The molecule has 0 spiro atoms. The highest BCUT2D eigenvalue weighted by molar-refractivity contribution is 7.88. The second-order valence-corrected chi connectivity index (χ2v) is 7.68. The molecule has 134 valence electrons. The van der Waals surface area contributed by atoms with Gasteiger partial charge in [-0.3, -0.25) is 9.69 Å². The predicted octanol–water partition coefficient (Wildman–Crippen LogP) is -0.137. The van der Waals surface area contributed by atoms with Crippen LogP contribution in [-0.4, -0.2) is 65.2 Å². The highest BCUT2D eigenvalue weighted by atomic mass is 32.2. The summed E-state index contributed by atoms with van der Waals surface area (Å²) >= 11 is 0. The molecule has 24 heavy (non-hydrogen) atoms. The molecule has 1 fully saturated rings. The highest BCUT2D eigenvalue weighted by Gasteiger charge is 2.14. The van der Waals surface area contributed by atoms with Gasteiger partial charge in [0.2, 0.25) is 15.9 Å². The Morgan fingerprint density at radius 1 is 1.29 bits per heavy atom. The Morgan fingerprint density at radius 2 is 2.04 bits per heavy atom. The van der Waals surface area contributed by atoms with E-state index in [2.05, 4.69) is 14.9 Å². The fourth-order valence-corrected chi connectivity index (χ4v) is 3.56. The van der Waals surface area contributed by atoms with Gasteiger partial charge >= 0.3 is 0 Å². The number of hydrogen-bond donors (Lipinski definition) is 2. The smallest absolute Gasteiger partial charge is 0.235 e. The van der Waals surface area contributed by atoms with Gasteiger partial charge in [0.25, 0.3) is 0 Å². The van der Waals surface area contributed by atoms with Crippen molar-refractivity contribution in [3.05, 3.63) is 35.4 Å². The number of carbonyl (C=O) groups is 1. The van der Waals surface area contributed by atoms with E-state index in [1.54, 1.807) is 6.07 Å². The summed E-state index contributed by atoms with van der Waals surface area (Å²) in [4.78, 5) is 14.0. The first-order valence-corrected chi connectivity index (χ1v) is 9.69. The Kier molecular flexibility index (Phi) is 7.16. The highest BCUT2D eigenvalue weighted by Crippen LogP contribution is 2.07. The molecule has 1 heterocycles. The maximum absolute atomic E-state index is 12.0. The number of amides is 1. The van der Waals surface area contributed by atoms with E-state index in [9.17, 15) is 13.2 Å². The summed E-state index contributed by atoms with van der Waals surface area (Å²) in [7, 11) is -3.53. The maximum atomic E-state index is 12.0. The van der Waals surface area contributed by atoms with E-state index in [0.717, 1.165) is 25.2 Å². The van der Waals surface area contributed by atoms with Crippen molar-refractivity contribution in [3.8, 4) is 0 Å². The fraction of sp³-hybridized carbons (Fsp3) is 0.562. The van der Waals surface area contributed by atoms with Gasteiger partial charge in [-0.1, -0.05) is 29.8 Å². The number of morpholine rings is 1. The molecule has 0 atom stereocenters. The Balaban J connectivity index is 1.68. The normalized spacial score (nSPS) is 16.0. The number of rotatable bonds is 8. The molecule has 1 amide bonds. The summed E-state index contributed by atoms with van der Waals surface area (Å²) in [6.07, 6.45) is 0. The molecular weight excluding hydrogens is 330 g/mol. The second-order valence-electron chi connectivity index (χ2n) is 5.87. The molecular formula is C16H25N3O4S. The maximum Gasteiger partial charge on any atom is 0.235 e. The zero-order chi connectivity index (χ0) is 17.4. The van der Waals surface area contributed by atoms with Crippen LogP contribution in [0.5, 0.6) is 0 Å². The molecule has 0 unspecified atom stereocenters. The van der Waals surface area contributed by atoms with Crippen molar-refractivity contribution in [2.24, 2.45) is 0 Å². The van der Waals surface area contributed by atoms with E-state index in [4.69, 9.17) is 4.74 Å². The van der Waals surface area contributed by atoms with Gasteiger partial charge in [-0.15, -0.1) is 0 Å². The van der Waals surface area contributed by atoms with Gasteiger partial charge in [-0.25, -0.2) is 13.1 Å². The van der Waals surface area contributed by atoms with Crippen LogP contribution < -0.4 is 10.0 Å². The first-order valence-electron chi connectivity index (χ1n) is 8.04. The average molecular weight is 355 g/mol. The summed E-state index contributed by atoms with van der Waals surface area (Å²) < 4.78 is 31.6. The molecule has 1 aromatic carbocycles. The van der Waals surface area contributed by atoms with Gasteiger partial charge in [0, 0.05) is 26.2 Å². The molecule has 1 saturated heterocycles. The van der Waals surface area contributed by atoms with Crippen LogP contribution >= 0.6 is 0 Å². The summed E-state index contributed by atoms with van der Waals surface area (Å²) in [5.41, 5.74) is 1.71. The molecule has 0 bridgehead atoms. The summed E-state index contributed by atoms with van der Waals surface area (Å²) in [6.45, 7) is 6.06. The van der Waals surface area contributed by atoms with E-state index in [-0.39, 0.29) is 18.2 Å². The molecule has 8 heteroatoms. The van der Waals surface area contributed by atoms with Crippen LogP contribution in [0.1, 0.15) is 11.1 Å². The third-order valence-corrected chi connectivity index (χ3v) is 5.04. The van der Waals surface area contributed by atoms with Gasteiger partial charge in [0.15, 0.2) is 0 Å². The van der Waals surface area contributed by atoms with E-state index in [1.165, 1.54) is 0 Å². The van der Waals surface area contributed by atoms with Crippen molar-refractivity contribution in [1.29, 1.82) is 0 Å². The Morgan fingerprint density at radius 3 is 2.75 bits per heavy atom. The lowest BCUT2D eigenvalue weighted by Crippen LogP contribution is -2.43. The minimum atomic E-state index is -3.53. The Labute approximate surface area is 143 Å². The first-order chi connectivity index (χ1) is 11.4. The molecule has 0 saturated carbocycles. The lowest BCUT2D eigenvalue weighted by molar-refractivity contribution is -0.120. The minimum Gasteiger partial charge on any atom is -0.379 e. The van der Waals surface area contributed by atoms with Gasteiger partial charge < -0.3 is 10.1 Å². The standard InChI is InChI=1S/C16H25N3O4S/c1-14-3-2-4-15(11-14)13-24(21,22)18-12-16(20)17-5-6-19-7-9-23-10-8-19/h2-4,11,18H,5-10,12-13H2,1H3,(H,17,20). The molecule has 0 aromatic heterocycles. The van der Waals surface area contributed by atoms with Crippen LogP contribution in [0.2, 0.25) is 0 Å². The quantitative estimate of drug-likeness (QED) is 0.678. The van der Waals surface area contributed by atoms with Crippen molar-refractivity contribution in [1.82, 2.24) is 14.9 Å². The Hall–Kier alpha value is -1.48. The topological polar surface area (TPSA) is 87.7 Å². The zero-order valence-corrected chi connectivity index (χ0v) is 14.8. The number of carbonyl (C=O) groups excluding carboxylic acids is 1. The number of hydrogen-bond acceptors (Lipinski definition) is 5. The minimum absolute atomic E-state index is 0.129. The van der Waals surface area contributed by atoms with Crippen molar-refractivity contribution >= 4 is 15.9 Å². The number of sulfonamides is 1. The van der Waals surface area contributed by atoms with E-state index in [0.29, 0.717) is 25.3 Å². The largest absolute Gasteiger partial charge is 0.379 e. The third-order valence-electron chi connectivity index (χ3n) is 3.75. The van der Waals surface area contributed by atoms with Crippen molar-refractivity contribution < 1.29 is 17.9 Å². The number of nitrogens with zero attached hydrogens (tertiary/aromatic N) is 1. The number of benzene rings is 1. The molecule has 2 N–H and O–H groups in total. The Bertz CT molecular complexity index is 642. The SMILES string of the molecule is Cc1cccc(CS(=O)(=O)NCC(=O)NCCN2CCOCC2)c1. The predicted molar refractivity (Wildman–Crippen MR) is 92.1 cm³/mol. The van der Waals surface area contributed by atoms with Gasteiger partial charge in [-0.05, 0) is 12.5 Å².